The average molecular weight is 822 g/mol. The Balaban J connectivity index is 0.961. The number of nitrogens with zero attached hydrogens (tertiary/aromatic N) is 1. The van der Waals surface area contributed by atoms with Gasteiger partial charge in [0.2, 0.25) is 0 Å². The topological polar surface area (TPSA) is 3.24 Å². The summed E-state index contributed by atoms with van der Waals surface area (Å²) in [5.74, 6) is 0. The van der Waals surface area contributed by atoms with Crippen LogP contribution in [-0.4, -0.2) is 0 Å². The van der Waals surface area contributed by atoms with E-state index < -0.39 is 0 Å². The van der Waals surface area contributed by atoms with Crippen LogP contribution in [0.25, 0.3) is 86.6 Å². The molecule has 0 saturated heterocycles. The second-order valence-electron chi connectivity index (χ2n) is 17.3. The van der Waals surface area contributed by atoms with Crippen molar-refractivity contribution < 1.29 is 0 Å². The zero-order chi connectivity index (χ0) is 42.1. The Morgan fingerprint density at radius 1 is 0.349 bits per heavy atom. The molecule has 0 amide bonds. The Morgan fingerprint density at radius 3 is 1.71 bits per heavy atom. The van der Waals surface area contributed by atoms with Gasteiger partial charge in [0.15, 0.2) is 0 Å². The first-order valence-electron chi connectivity index (χ1n) is 21.8. The second kappa shape index (κ2) is 14.8. The monoisotopic (exact) mass is 821 g/mol. The van der Waals surface area contributed by atoms with Gasteiger partial charge < -0.3 is 4.90 Å². The predicted octanol–water partition coefficient (Wildman–Crippen LogP) is 17.7. The maximum atomic E-state index is 2.40. The first-order valence-corrected chi connectivity index (χ1v) is 22.6. The van der Waals surface area contributed by atoms with Crippen LogP contribution >= 0.6 is 11.3 Å². The molecule has 0 saturated carbocycles. The Morgan fingerprint density at radius 2 is 0.889 bits per heavy atom. The van der Waals surface area contributed by atoms with E-state index in [2.05, 4.69) is 243 Å². The van der Waals surface area contributed by atoms with Crippen LogP contribution in [-0.2, 0) is 5.41 Å². The first-order chi connectivity index (χ1) is 31.0. The molecule has 0 spiro atoms. The van der Waals surface area contributed by atoms with E-state index in [1.54, 1.807) is 0 Å². The van der Waals surface area contributed by atoms with Gasteiger partial charge in [-0.3, -0.25) is 0 Å². The molecule has 0 bridgehead atoms. The highest BCUT2D eigenvalue weighted by Gasteiger charge is 2.37. The molecule has 0 unspecified atom stereocenters. The van der Waals surface area contributed by atoms with E-state index in [9.17, 15) is 0 Å². The molecule has 12 rings (SSSR count). The lowest BCUT2D eigenvalue weighted by atomic mass is 9.79. The minimum atomic E-state index is -0.0967. The van der Waals surface area contributed by atoms with Crippen LogP contribution in [0.4, 0.5) is 17.1 Å². The van der Waals surface area contributed by atoms with Crippen molar-refractivity contribution in [2.75, 3.05) is 4.90 Å². The fourth-order valence-electron chi connectivity index (χ4n) is 10.3. The van der Waals surface area contributed by atoms with E-state index in [0.717, 1.165) is 17.1 Å². The van der Waals surface area contributed by atoms with Crippen LogP contribution in [0, 0.1) is 0 Å². The molecule has 1 aromatic heterocycles. The maximum Gasteiger partial charge on any atom is 0.0467 e. The Bertz CT molecular complexity index is 3530. The van der Waals surface area contributed by atoms with Gasteiger partial charge in [-0.05, 0) is 126 Å². The van der Waals surface area contributed by atoms with Crippen LogP contribution in [0.5, 0.6) is 0 Å². The number of fused-ring (bicyclic) bond motifs is 7. The summed E-state index contributed by atoms with van der Waals surface area (Å²) in [6.45, 7) is 4.74. The van der Waals surface area contributed by atoms with Crippen molar-refractivity contribution in [1.82, 2.24) is 0 Å². The lowest BCUT2D eigenvalue weighted by molar-refractivity contribution is 0.662. The van der Waals surface area contributed by atoms with E-state index in [0.29, 0.717) is 0 Å². The van der Waals surface area contributed by atoms with Crippen LogP contribution in [0.1, 0.15) is 25.0 Å². The molecular weight excluding hydrogens is 779 g/mol. The zero-order valence-corrected chi connectivity index (χ0v) is 36.0. The van der Waals surface area contributed by atoms with Crippen molar-refractivity contribution in [2.24, 2.45) is 0 Å². The van der Waals surface area contributed by atoms with Gasteiger partial charge in [0.25, 0.3) is 0 Å². The minimum Gasteiger partial charge on any atom is -0.310 e. The summed E-state index contributed by atoms with van der Waals surface area (Å²) in [4.78, 5) is 2.40. The van der Waals surface area contributed by atoms with Gasteiger partial charge in [0.1, 0.15) is 0 Å². The summed E-state index contributed by atoms with van der Waals surface area (Å²) in [5, 5.41) is 5.15. The standard InChI is InChI=1S/C61H43NS/c1-61(2)57-28-7-5-21-53(57)55-26-12-24-51(59(55)61)41-30-34-46(35-31-41)62(47-36-32-42(33-37-47)52-25-13-27-56-54-22-6-8-29-58(54)63-60(52)56)48-19-10-17-44(39-48)43-16-9-18-45(38-43)50-23-11-15-40-14-3-4-20-49(40)50/h3-39H,1-2H3. The van der Waals surface area contributed by atoms with Crippen molar-refractivity contribution in [3.63, 3.8) is 0 Å². The molecule has 1 aliphatic rings. The van der Waals surface area contributed by atoms with Gasteiger partial charge in [-0.25, -0.2) is 0 Å². The van der Waals surface area contributed by atoms with E-state index >= 15 is 0 Å². The molecule has 298 valence electrons. The van der Waals surface area contributed by atoms with Gasteiger partial charge in [0, 0.05) is 42.6 Å². The molecular formula is C61H43NS. The van der Waals surface area contributed by atoms with Gasteiger partial charge >= 0.3 is 0 Å². The Kier molecular flexibility index (Phi) is 8.77. The van der Waals surface area contributed by atoms with Crippen molar-refractivity contribution in [2.45, 2.75) is 19.3 Å². The fraction of sp³-hybridized carbons (Fsp3) is 0.0492. The van der Waals surface area contributed by atoms with Crippen molar-refractivity contribution in [3.8, 4) is 55.6 Å². The Hall–Kier alpha value is -7.52. The molecule has 0 atom stereocenters. The number of hydrogen-bond acceptors (Lipinski definition) is 2. The summed E-state index contributed by atoms with van der Waals surface area (Å²) >= 11 is 1.88. The number of anilines is 3. The van der Waals surface area contributed by atoms with E-state index in [4.69, 9.17) is 0 Å². The quantitative estimate of drug-likeness (QED) is 0.155. The molecule has 0 N–H and O–H groups in total. The molecule has 0 aliphatic heterocycles. The summed E-state index contributed by atoms with van der Waals surface area (Å²) in [7, 11) is 0. The van der Waals surface area contributed by atoms with Crippen LogP contribution < -0.4 is 4.90 Å². The number of rotatable bonds is 7. The number of hydrogen-bond donors (Lipinski definition) is 0. The van der Waals surface area contributed by atoms with Gasteiger partial charge in [-0.1, -0.05) is 190 Å². The van der Waals surface area contributed by atoms with Gasteiger partial charge in [-0.15, -0.1) is 11.3 Å². The van der Waals surface area contributed by atoms with Crippen molar-refractivity contribution in [1.29, 1.82) is 0 Å². The predicted molar refractivity (Wildman–Crippen MR) is 271 cm³/mol. The first kappa shape index (κ1) is 37.3. The zero-order valence-electron chi connectivity index (χ0n) is 35.2. The molecule has 1 aliphatic carbocycles. The third-order valence-corrected chi connectivity index (χ3v) is 14.5. The van der Waals surface area contributed by atoms with E-state index in [-0.39, 0.29) is 5.41 Å². The smallest absolute Gasteiger partial charge is 0.0467 e. The van der Waals surface area contributed by atoms with Crippen LogP contribution in [0.15, 0.2) is 224 Å². The largest absolute Gasteiger partial charge is 0.310 e. The normalized spacial score (nSPS) is 12.7. The number of thiophene rings is 1. The maximum absolute atomic E-state index is 2.40. The Labute approximate surface area is 372 Å². The lowest BCUT2D eigenvalue weighted by Gasteiger charge is -2.27. The van der Waals surface area contributed by atoms with E-state index in [1.807, 2.05) is 11.3 Å². The molecule has 0 fully saturated rings. The summed E-state index contributed by atoms with van der Waals surface area (Å²) < 4.78 is 2.65. The highest BCUT2D eigenvalue weighted by atomic mass is 32.1. The molecule has 1 nitrogen and oxygen atoms in total. The van der Waals surface area contributed by atoms with Gasteiger partial charge in [0.05, 0.1) is 0 Å². The highest BCUT2D eigenvalue weighted by molar-refractivity contribution is 7.26. The third-order valence-electron chi connectivity index (χ3n) is 13.3. The lowest BCUT2D eigenvalue weighted by Crippen LogP contribution is -2.16. The molecule has 10 aromatic carbocycles. The number of benzene rings is 10. The highest BCUT2D eigenvalue weighted by Crippen LogP contribution is 2.52. The molecule has 2 heteroatoms. The van der Waals surface area contributed by atoms with Gasteiger partial charge in [-0.2, -0.15) is 0 Å². The van der Waals surface area contributed by atoms with E-state index in [1.165, 1.54) is 97.7 Å². The SMILES string of the molecule is CC1(C)c2ccccc2-c2cccc(-c3ccc(N(c4ccc(-c5cccc6c5sc5ccccc56)cc4)c4cccc(-c5cccc(-c6cccc7ccccc67)c5)c4)cc3)c21. The molecule has 11 aromatic rings. The molecule has 0 radical (unpaired) electrons. The average Bonchev–Trinajstić information content (AvgIpc) is 3.84. The second-order valence-corrected chi connectivity index (χ2v) is 18.3. The third kappa shape index (κ3) is 6.21. The fourth-order valence-corrected chi connectivity index (χ4v) is 11.5. The summed E-state index contributed by atoms with van der Waals surface area (Å²) in [5.41, 5.74) is 18.5. The minimum absolute atomic E-state index is 0.0967. The van der Waals surface area contributed by atoms with Crippen LogP contribution in [0.2, 0.25) is 0 Å². The van der Waals surface area contributed by atoms with Crippen molar-refractivity contribution >= 4 is 59.3 Å². The van der Waals surface area contributed by atoms with Crippen LogP contribution in [0.3, 0.4) is 0 Å². The molecule has 1 heterocycles. The molecule has 63 heavy (non-hydrogen) atoms. The summed E-state index contributed by atoms with van der Waals surface area (Å²) in [6.07, 6.45) is 0. The summed E-state index contributed by atoms with van der Waals surface area (Å²) in [6, 6.07) is 82.7. The van der Waals surface area contributed by atoms with Crippen molar-refractivity contribution in [3.05, 3.63) is 236 Å².